The number of hydrogen-bond donors (Lipinski definition) is 0. The molecule has 1 aromatic heterocycles. The molecular weight excluding hydrogens is 418 g/mol. The van der Waals surface area contributed by atoms with Crippen molar-refractivity contribution in [2.24, 2.45) is 4.99 Å². The van der Waals surface area contributed by atoms with Crippen LogP contribution in [0.2, 0.25) is 5.02 Å². The fourth-order valence-electron chi connectivity index (χ4n) is 2.81. The highest BCUT2D eigenvalue weighted by Crippen LogP contribution is 2.34. The van der Waals surface area contributed by atoms with Gasteiger partial charge < -0.3 is 4.74 Å². The highest BCUT2D eigenvalue weighted by atomic mass is 35.5. The highest BCUT2D eigenvalue weighted by Gasteiger charge is 2.30. The third kappa shape index (κ3) is 4.56. The van der Waals surface area contributed by atoms with Gasteiger partial charge in [0.1, 0.15) is 12.4 Å². The summed E-state index contributed by atoms with van der Waals surface area (Å²) in [6, 6.07) is 20.6. The summed E-state index contributed by atoms with van der Waals surface area (Å²) < 4.78 is 6.00. The van der Waals surface area contributed by atoms with Crippen molar-refractivity contribution in [1.82, 2.24) is 9.88 Å². The number of pyridine rings is 1. The Morgan fingerprint density at radius 1 is 1.10 bits per heavy atom. The van der Waals surface area contributed by atoms with Crippen LogP contribution < -0.4 is 4.74 Å². The molecule has 0 bridgehead atoms. The number of benzene rings is 2. The molecule has 3 aromatic rings. The molecule has 0 atom stereocenters. The van der Waals surface area contributed by atoms with Crippen molar-refractivity contribution in [3.05, 3.63) is 94.0 Å². The van der Waals surface area contributed by atoms with E-state index in [0.717, 1.165) is 11.1 Å². The molecule has 2 heterocycles. The van der Waals surface area contributed by atoms with E-state index in [4.69, 9.17) is 16.3 Å². The first-order chi connectivity index (χ1) is 14.6. The smallest absolute Gasteiger partial charge is 0.266 e. The number of ether oxygens (including phenoxy) is 1. The van der Waals surface area contributed by atoms with E-state index >= 15 is 0 Å². The van der Waals surface area contributed by atoms with Crippen molar-refractivity contribution in [1.29, 1.82) is 0 Å². The quantitative estimate of drug-likeness (QED) is 0.493. The molecule has 150 valence electrons. The number of likely N-dealkylation sites (N-methyl/N-ethyl adjacent to an activating group) is 1. The number of aliphatic imine (C=N–C) groups is 1. The number of aromatic nitrogens is 1. The monoisotopic (exact) mass is 435 g/mol. The van der Waals surface area contributed by atoms with Crippen LogP contribution in [-0.2, 0) is 11.4 Å². The lowest BCUT2D eigenvalue weighted by molar-refractivity contribution is -0.121. The number of amidine groups is 1. The first-order valence-corrected chi connectivity index (χ1v) is 10.4. The second-order valence-electron chi connectivity index (χ2n) is 6.48. The number of nitrogens with zero attached hydrogens (tertiary/aromatic N) is 3. The highest BCUT2D eigenvalue weighted by molar-refractivity contribution is 8.18. The van der Waals surface area contributed by atoms with Gasteiger partial charge in [-0.1, -0.05) is 54.1 Å². The zero-order chi connectivity index (χ0) is 20.9. The Labute approximate surface area is 184 Å². The molecule has 1 fully saturated rings. The minimum atomic E-state index is -0.115. The summed E-state index contributed by atoms with van der Waals surface area (Å²) in [5, 5.41) is 1.24. The molecule has 2 aromatic carbocycles. The van der Waals surface area contributed by atoms with Gasteiger partial charge in [0.05, 0.1) is 4.91 Å². The topological polar surface area (TPSA) is 54.8 Å². The standard InChI is InChI=1S/C23H18ClN3O2S/c1-27-22(28)20(30-23(27)26-21-12-6-7-13-25-21)14-16-8-3-5-11-19(16)29-15-17-9-2-4-10-18(17)24/h2-14H,15H2,1H3/b20-14-,26-23+. The number of carbonyl (C=O) groups excluding carboxylic acids is 1. The second kappa shape index (κ2) is 9.15. The van der Waals surface area contributed by atoms with Crippen LogP contribution in [0.15, 0.2) is 82.8 Å². The fraction of sp³-hybridized carbons (Fsp3) is 0.0870. The number of hydrogen-bond acceptors (Lipinski definition) is 5. The number of para-hydroxylation sites is 1. The molecule has 0 aliphatic carbocycles. The molecule has 0 unspecified atom stereocenters. The van der Waals surface area contributed by atoms with Gasteiger partial charge in [-0.3, -0.25) is 9.69 Å². The maximum Gasteiger partial charge on any atom is 0.266 e. The van der Waals surface area contributed by atoms with Gasteiger partial charge in [-0.2, -0.15) is 0 Å². The minimum Gasteiger partial charge on any atom is -0.488 e. The molecular formula is C23H18ClN3O2S. The lowest BCUT2D eigenvalue weighted by Gasteiger charge is -2.10. The summed E-state index contributed by atoms with van der Waals surface area (Å²) >= 11 is 7.53. The van der Waals surface area contributed by atoms with E-state index in [0.29, 0.717) is 33.3 Å². The van der Waals surface area contributed by atoms with Gasteiger partial charge in [-0.15, -0.1) is 0 Å². The van der Waals surface area contributed by atoms with E-state index < -0.39 is 0 Å². The molecule has 1 aliphatic rings. The number of thioether (sulfide) groups is 1. The van der Waals surface area contributed by atoms with Gasteiger partial charge in [0.15, 0.2) is 11.0 Å². The Kier molecular flexibility index (Phi) is 6.16. The Morgan fingerprint density at radius 3 is 2.67 bits per heavy atom. The predicted octanol–water partition coefficient (Wildman–Crippen LogP) is 5.55. The maximum absolute atomic E-state index is 12.7. The van der Waals surface area contributed by atoms with Crippen LogP contribution in [0.4, 0.5) is 5.82 Å². The number of amides is 1. The Hall–Kier alpha value is -3.09. The van der Waals surface area contributed by atoms with Crippen molar-refractivity contribution in [2.75, 3.05) is 7.05 Å². The second-order valence-corrected chi connectivity index (χ2v) is 7.89. The minimum absolute atomic E-state index is 0.115. The third-order valence-electron chi connectivity index (χ3n) is 4.41. The molecule has 4 rings (SSSR count). The van der Waals surface area contributed by atoms with Crippen LogP contribution in [-0.4, -0.2) is 28.0 Å². The van der Waals surface area contributed by atoms with Crippen molar-refractivity contribution in [2.45, 2.75) is 6.61 Å². The summed E-state index contributed by atoms with van der Waals surface area (Å²) in [5.41, 5.74) is 1.71. The molecule has 0 spiro atoms. The molecule has 1 aliphatic heterocycles. The van der Waals surface area contributed by atoms with Gasteiger partial charge in [0, 0.05) is 29.4 Å². The fourth-order valence-corrected chi connectivity index (χ4v) is 3.97. The van der Waals surface area contributed by atoms with Crippen LogP contribution in [0.5, 0.6) is 5.75 Å². The van der Waals surface area contributed by atoms with E-state index in [-0.39, 0.29) is 5.91 Å². The molecule has 30 heavy (non-hydrogen) atoms. The van der Waals surface area contributed by atoms with Gasteiger partial charge in [-0.25, -0.2) is 9.98 Å². The number of carbonyl (C=O) groups is 1. The average molecular weight is 436 g/mol. The summed E-state index contributed by atoms with van der Waals surface area (Å²) in [6.07, 6.45) is 3.50. The van der Waals surface area contributed by atoms with Crippen LogP contribution in [0.25, 0.3) is 6.08 Å². The lowest BCUT2D eigenvalue weighted by Crippen LogP contribution is -2.23. The van der Waals surface area contributed by atoms with Gasteiger partial charge >= 0.3 is 0 Å². The first-order valence-electron chi connectivity index (χ1n) is 9.24. The number of rotatable bonds is 5. The summed E-state index contributed by atoms with van der Waals surface area (Å²) in [4.78, 5) is 23.5. The SMILES string of the molecule is CN1C(=O)/C(=C/c2ccccc2OCc2ccccc2Cl)S/C1=N/c1ccccn1. The summed E-state index contributed by atoms with van der Waals surface area (Å²) in [7, 11) is 1.71. The van der Waals surface area contributed by atoms with Crippen LogP contribution >= 0.6 is 23.4 Å². The largest absolute Gasteiger partial charge is 0.488 e. The Balaban J connectivity index is 1.57. The summed E-state index contributed by atoms with van der Waals surface area (Å²) in [6.45, 7) is 0.341. The lowest BCUT2D eigenvalue weighted by atomic mass is 10.1. The van der Waals surface area contributed by atoms with E-state index in [1.165, 1.54) is 16.7 Å². The normalized spacial score (nSPS) is 16.5. The molecule has 0 N–H and O–H groups in total. The zero-order valence-corrected chi connectivity index (χ0v) is 17.7. The molecule has 1 amide bonds. The molecule has 1 saturated heterocycles. The van der Waals surface area contributed by atoms with Gasteiger partial charge in [0.25, 0.3) is 5.91 Å². The Morgan fingerprint density at radius 2 is 1.87 bits per heavy atom. The first kappa shape index (κ1) is 20.2. The zero-order valence-electron chi connectivity index (χ0n) is 16.2. The van der Waals surface area contributed by atoms with Crippen LogP contribution in [0.3, 0.4) is 0 Å². The van der Waals surface area contributed by atoms with Crippen molar-refractivity contribution in [3.8, 4) is 5.75 Å². The maximum atomic E-state index is 12.7. The average Bonchev–Trinajstić information content (AvgIpc) is 3.02. The molecule has 5 nitrogen and oxygen atoms in total. The van der Waals surface area contributed by atoms with E-state index in [1.54, 1.807) is 19.3 Å². The summed E-state index contributed by atoms with van der Waals surface area (Å²) in [5.74, 6) is 1.12. The molecule has 0 saturated carbocycles. The predicted molar refractivity (Wildman–Crippen MR) is 122 cm³/mol. The van der Waals surface area contributed by atoms with E-state index in [9.17, 15) is 4.79 Å². The molecule has 0 radical (unpaired) electrons. The molecule has 7 heteroatoms. The van der Waals surface area contributed by atoms with Crippen LogP contribution in [0, 0.1) is 0 Å². The number of halogens is 1. The van der Waals surface area contributed by atoms with E-state index in [1.807, 2.05) is 66.7 Å². The van der Waals surface area contributed by atoms with Crippen molar-refractivity contribution < 1.29 is 9.53 Å². The van der Waals surface area contributed by atoms with Crippen molar-refractivity contribution >= 4 is 46.3 Å². The van der Waals surface area contributed by atoms with Gasteiger partial charge in [0.2, 0.25) is 0 Å². The van der Waals surface area contributed by atoms with Crippen molar-refractivity contribution in [3.63, 3.8) is 0 Å². The van der Waals surface area contributed by atoms with Gasteiger partial charge in [-0.05, 0) is 42.1 Å². The Bertz CT molecular complexity index is 1130. The van der Waals surface area contributed by atoms with E-state index in [2.05, 4.69) is 9.98 Å². The third-order valence-corrected chi connectivity index (χ3v) is 5.84. The van der Waals surface area contributed by atoms with Crippen LogP contribution in [0.1, 0.15) is 11.1 Å².